The molecule has 10 heteroatoms. The molecule has 254 valence electrons. The van der Waals surface area contributed by atoms with Crippen LogP contribution in [0.25, 0.3) is 10.9 Å². The van der Waals surface area contributed by atoms with Crippen molar-refractivity contribution in [3.8, 4) is 17.2 Å². The third-order valence-electron chi connectivity index (χ3n) is 8.98. The van der Waals surface area contributed by atoms with Crippen molar-refractivity contribution in [2.75, 3.05) is 61.1 Å². The van der Waals surface area contributed by atoms with Gasteiger partial charge in [-0.1, -0.05) is 70.4 Å². The molecule has 0 bridgehead atoms. The zero-order valence-corrected chi connectivity index (χ0v) is 31.5. The highest BCUT2D eigenvalue weighted by Crippen LogP contribution is 2.42. The van der Waals surface area contributed by atoms with Crippen molar-refractivity contribution < 1.29 is 35.7 Å². The highest BCUT2D eigenvalue weighted by molar-refractivity contribution is 7.98. The number of ether oxygens (including phenoxy) is 3. The first-order valence-electron chi connectivity index (χ1n) is 16.1. The van der Waals surface area contributed by atoms with Crippen molar-refractivity contribution in [3.05, 3.63) is 86.2 Å². The third kappa shape index (κ3) is 8.71. The van der Waals surface area contributed by atoms with Crippen LogP contribution in [0.1, 0.15) is 39.8 Å². The molecule has 0 atom stereocenters. The number of fused-ring (bicyclic) bond motifs is 1. The Morgan fingerprint density at radius 3 is 1.91 bits per heavy atom. The van der Waals surface area contributed by atoms with Gasteiger partial charge in [0.15, 0.2) is 16.7 Å². The van der Waals surface area contributed by atoms with Crippen LogP contribution in [0.3, 0.4) is 0 Å². The van der Waals surface area contributed by atoms with Gasteiger partial charge < -0.3 is 35.7 Å². The molecule has 1 aliphatic heterocycles. The van der Waals surface area contributed by atoms with Crippen LogP contribution in [-0.2, 0) is 18.8 Å². The molecule has 5 rings (SSSR count). The number of piperazine rings is 1. The van der Waals surface area contributed by atoms with Crippen molar-refractivity contribution in [3.63, 3.8) is 0 Å². The summed E-state index contributed by atoms with van der Waals surface area (Å²) in [7, 11) is 7.07. The number of likely N-dealkylation sites (N-methyl/N-ethyl adjacent to an activating group) is 1. The van der Waals surface area contributed by atoms with Crippen molar-refractivity contribution >= 4 is 22.7 Å². The van der Waals surface area contributed by atoms with E-state index in [4.69, 9.17) is 19.2 Å². The lowest BCUT2D eigenvalue weighted by atomic mass is 10.1. The number of halogens is 1. The molecule has 0 amide bonds. The second kappa shape index (κ2) is 15.9. The lowest BCUT2D eigenvalue weighted by molar-refractivity contribution is -0.926. The molecule has 8 nitrogen and oxygen atoms in total. The highest BCUT2D eigenvalue weighted by atomic mass is 79.9. The predicted octanol–water partition coefficient (Wildman–Crippen LogP) is 3.30. The van der Waals surface area contributed by atoms with Crippen LogP contribution in [0.5, 0.6) is 17.2 Å². The quantitative estimate of drug-likeness (QED) is 0.126. The smallest absolute Gasteiger partial charge is 0.262 e. The Labute approximate surface area is 294 Å². The number of hydrogen-bond acceptors (Lipinski definition) is 7. The summed E-state index contributed by atoms with van der Waals surface area (Å²) < 4.78 is 19.8. The minimum Gasteiger partial charge on any atom is -1.00 e. The highest BCUT2D eigenvalue weighted by Gasteiger charge is 2.29. The SMILES string of the molecule is COc1cc2c(=O)n(CCCN3CC[N+](C)(Cc4cc(C)cc(C)c4)CC3)c(SCc3cc(C)cc(C)c3)nc2c(OC)c1OC.[Br-]. The molecule has 0 radical (unpaired) electrons. The van der Waals surface area contributed by atoms with Gasteiger partial charge in [0.2, 0.25) is 5.75 Å². The fourth-order valence-electron chi connectivity index (χ4n) is 6.84. The van der Waals surface area contributed by atoms with E-state index in [2.05, 4.69) is 76.0 Å². The number of rotatable bonds is 12. The number of quaternary nitrogens is 1. The van der Waals surface area contributed by atoms with E-state index in [1.165, 1.54) is 33.4 Å². The number of aryl methyl sites for hydroxylation is 4. The van der Waals surface area contributed by atoms with Gasteiger partial charge in [-0.15, -0.1) is 0 Å². The number of aromatic nitrogens is 2. The van der Waals surface area contributed by atoms with E-state index in [0.29, 0.717) is 45.6 Å². The second-order valence-corrected chi connectivity index (χ2v) is 14.0. The number of benzene rings is 3. The predicted molar refractivity (Wildman–Crippen MR) is 188 cm³/mol. The molecule has 47 heavy (non-hydrogen) atoms. The van der Waals surface area contributed by atoms with E-state index < -0.39 is 0 Å². The Balaban J connectivity index is 0.00000500. The molecule has 0 saturated carbocycles. The molecule has 0 spiro atoms. The van der Waals surface area contributed by atoms with Crippen molar-refractivity contribution in [1.82, 2.24) is 14.5 Å². The van der Waals surface area contributed by atoms with E-state index in [0.717, 1.165) is 50.2 Å². The average molecular weight is 726 g/mol. The lowest BCUT2D eigenvalue weighted by Crippen LogP contribution is -3.00. The summed E-state index contributed by atoms with van der Waals surface area (Å²) in [4.78, 5) is 21.7. The third-order valence-corrected chi connectivity index (χ3v) is 10.0. The van der Waals surface area contributed by atoms with Crippen molar-refractivity contribution in [1.29, 1.82) is 0 Å². The number of hydrogen-bond donors (Lipinski definition) is 0. The van der Waals surface area contributed by atoms with Crippen LogP contribution >= 0.6 is 11.8 Å². The molecular weight excluding hydrogens is 676 g/mol. The largest absolute Gasteiger partial charge is 1.00 e. The molecular formula is C37H49BrN4O4S. The topological polar surface area (TPSA) is 65.8 Å². The zero-order valence-electron chi connectivity index (χ0n) is 29.1. The molecule has 1 aliphatic rings. The fourth-order valence-corrected chi connectivity index (χ4v) is 7.78. The lowest BCUT2D eigenvalue weighted by Gasteiger charge is -2.42. The van der Waals surface area contributed by atoms with Gasteiger partial charge in [0, 0.05) is 37.5 Å². The summed E-state index contributed by atoms with van der Waals surface area (Å²) >= 11 is 1.59. The summed E-state index contributed by atoms with van der Waals surface area (Å²) in [5.74, 6) is 1.99. The Morgan fingerprint density at radius 1 is 0.787 bits per heavy atom. The van der Waals surface area contributed by atoms with Gasteiger partial charge in [-0.3, -0.25) is 14.3 Å². The molecule has 4 aromatic rings. The van der Waals surface area contributed by atoms with Crippen LogP contribution in [-0.4, -0.2) is 80.0 Å². The van der Waals surface area contributed by atoms with Crippen molar-refractivity contribution in [2.24, 2.45) is 0 Å². The van der Waals surface area contributed by atoms with Crippen LogP contribution in [0.2, 0.25) is 0 Å². The summed E-state index contributed by atoms with van der Waals surface area (Å²) in [5.41, 5.74) is 8.14. The maximum atomic E-state index is 14.1. The molecule has 1 aromatic heterocycles. The second-order valence-electron chi connectivity index (χ2n) is 13.1. The average Bonchev–Trinajstić information content (AvgIpc) is 3.00. The summed E-state index contributed by atoms with van der Waals surface area (Å²) in [6, 6.07) is 15.2. The standard InChI is InChI=1S/C37H49N4O4S.BrH/c1-25-16-26(2)19-29(18-25)23-41(5)14-12-39(13-15-41)10-9-11-40-36(42)31-22-32(43-6)34(44-7)35(45-8)33(31)38-37(40)46-24-30-20-27(3)17-28(4)21-30;/h16-22H,9-15,23-24H2,1-8H3;1H/q+1;/p-1. The fraction of sp³-hybridized carbons (Fsp3) is 0.459. The molecule has 2 heterocycles. The van der Waals surface area contributed by atoms with E-state index in [-0.39, 0.29) is 22.5 Å². The van der Waals surface area contributed by atoms with Crippen LogP contribution < -0.4 is 36.8 Å². The molecule has 0 unspecified atom stereocenters. The first-order valence-corrected chi connectivity index (χ1v) is 17.1. The Morgan fingerprint density at radius 2 is 1.36 bits per heavy atom. The number of methoxy groups -OCH3 is 3. The number of nitrogens with zero attached hydrogens (tertiary/aromatic N) is 4. The van der Waals surface area contributed by atoms with Gasteiger partial charge in [0.05, 0.1) is 46.9 Å². The minimum absolute atomic E-state index is 0. The van der Waals surface area contributed by atoms with E-state index in [1.807, 2.05) is 4.57 Å². The molecule has 1 saturated heterocycles. The maximum absolute atomic E-state index is 14.1. The molecule has 0 aliphatic carbocycles. The normalized spacial score (nSPS) is 14.6. The molecule has 1 fully saturated rings. The van der Waals surface area contributed by atoms with Crippen LogP contribution in [0.15, 0.2) is 52.4 Å². The van der Waals surface area contributed by atoms with Crippen LogP contribution in [0.4, 0.5) is 0 Å². The van der Waals surface area contributed by atoms with Gasteiger partial charge >= 0.3 is 0 Å². The Bertz CT molecular complexity index is 1730. The van der Waals surface area contributed by atoms with Gasteiger partial charge in [-0.2, -0.15) is 0 Å². The van der Waals surface area contributed by atoms with E-state index >= 15 is 0 Å². The monoisotopic (exact) mass is 724 g/mol. The summed E-state index contributed by atoms with van der Waals surface area (Å²) in [5, 5.41) is 1.14. The summed E-state index contributed by atoms with van der Waals surface area (Å²) in [6.07, 6.45) is 0.857. The van der Waals surface area contributed by atoms with Gasteiger partial charge in [-0.25, -0.2) is 4.98 Å². The summed E-state index contributed by atoms with van der Waals surface area (Å²) in [6.45, 7) is 15.5. The molecule has 0 N–H and O–H groups in total. The van der Waals surface area contributed by atoms with Gasteiger partial charge in [0.25, 0.3) is 5.56 Å². The maximum Gasteiger partial charge on any atom is 0.262 e. The van der Waals surface area contributed by atoms with Gasteiger partial charge in [0.1, 0.15) is 12.1 Å². The van der Waals surface area contributed by atoms with Gasteiger partial charge in [-0.05, 0) is 45.7 Å². The van der Waals surface area contributed by atoms with E-state index in [9.17, 15) is 4.79 Å². The Kier molecular flexibility index (Phi) is 12.4. The Hall–Kier alpha value is -3.05. The zero-order chi connectivity index (χ0) is 33.0. The van der Waals surface area contributed by atoms with Crippen LogP contribution in [0, 0.1) is 27.7 Å². The van der Waals surface area contributed by atoms with Crippen molar-refractivity contribution in [2.45, 2.75) is 58.1 Å². The first kappa shape index (κ1) is 36.8. The first-order chi connectivity index (χ1) is 22.0. The van der Waals surface area contributed by atoms with E-state index in [1.54, 1.807) is 39.2 Å². The number of thioether (sulfide) groups is 1. The molecule has 3 aromatic carbocycles. The minimum atomic E-state index is -0.0940.